The average molecular weight is 350 g/mol. The first kappa shape index (κ1) is 17.9. The molecule has 4 nitrogen and oxygen atoms in total. The Bertz CT molecular complexity index is 643. The van der Waals surface area contributed by atoms with E-state index >= 15 is 0 Å². The van der Waals surface area contributed by atoms with Crippen LogP contribution in [0.2, 0.25) is 0 Å². The molecule has 0 saturated carbocycles. The van der Waals surface area contributed by atoms with Gasteiger partial charge in [0, 0.05) is 36.2 Å². The number of anilines is 1. The molecule has 0 saturated heterocycles. The van der Waals surface area contributed by atoms with Gasteiger partial charge in [-0.15, -0.1) is 0 Å². The summed E-state index contributed by atoms with van der Waals surface area (Å²) in [4.78, 5) is 23.5. The molecule has 0 aliphatic carbocycles. The van der Waals surface area contributed by atoms with Crippen LogP contribution in [-0.2, 0) is 4.79 Å². The zero-order valence-corrected chi connectivity index (χ0v) is 15.7. The summed E-state index contributed by atoms with van der Waals surface area (Å²) in [5.41, 5.74) is 1.90. The maximum absolute atomic E-state index is 12.8. The number of carbonyl (C=O) groups is 1. The van der Waals surface area contributed by atoms with Gasteiger partial charge in [0.1, 0.15) is 10.0 Å². The molecule has 0 bridgehead atoms. The lowest BCUT2D eigenvalue weighted by Gasteiger charge is -2.24. The lowest BCUT2D eigenvalue weighted by Crippen LogP contribution is -2.36. The van der Waals surface area contributed by atoms with Crippen LogP contribution >= 0.6 is 23.1 Å². The first-order valence-corrected chi connectivity index (χ1v) is 9.97. The standard InChI is InChI=1S/C17H23N3OS2/c1-5-9-20(16(21)12(2)11-22-4)17-13(3)19-15(23-17)14-7-6-8-18-10-14/h6-8,10,12H,5,9,11H2,1-4H3. The lowest BCUT2D eigenvalue weighted by atomic mass is 10.2. The van der Waals surface area contributed by atoms with Gasteiger partial charge in [0.2, 0.25) is 5.91 Å². The van der Waals surface area contributed by atoms with Crippen molar-refractivity contribution in [1.29, 1.82) is 0 Å². The number of hydrogen-bond acceptors (Lipinski definition) is 5. The quantitative estimate of drug-likeness (QED) is 0.749. The number of carbonyl (C=O) groups excluding carboxylic acids is 1. The second kappa shape index (κ2) is 8.45. The minimum Gasteiger partial charge on any atom is -0.302 e. The summed E-state index contributed by atoms with van der Waals surface area (Å²) < 4.78 is 0. The van der Waals surface area contributed by atoms with E-state index in [0.29, 0.717) is 0 Å². The summed E-state index contributed by atoms with van der Waals surface area (Å²) in [6.45, 7) is 6.80. The summed E-state index contributed by atoms with van der Waals surface area (Å²) in [6.07, 6.45) is 6.52. The number of hydrogen-bond donors (Lipinski definition) is 0. The van der Waals surface area contributed by atoms with Crippen LogP contribution < -0.4 is 4.90 Å². The molecule has 1 amide bonds. The third-order valence-corrected chi connectivity index (χ3v) is 5.54. The zero-order chi connectivity index (χ0) is 16.8. The van der Waals surface area contributed by atoms with Crippen molar-refractivity contribution in [2.24, 2.45) is 5.92 Å². The molecule has 0 aliphatic heterocycles. The summed E-state index contributed by atoms with van der Waals surface area (Å²) in [6, 6.07) is 3.90. The van der Waals surface area contributed by atoms with E-state index in [0.717, 1.165) is 40.0 Å². The predicted molar refractivity (Wildman–Crippen MR) is 100 cm³/mol. The van der Waals surface area contributed by atoms with E-state index < -0.39 is 0 Å². The number of aromatic nitrogens is 2. The van der Waals surface area contributed by atoms with Crippen LogP contribution in [0.5, 0.6) is 0 Å². The van der Waals surface area contributed by atoms with Gasteiger partial charge < -0.3 is 4.90 Å². The maximum Gasteiger partial charge on any atom is 0.231 e. The van der Waals surface area contributed by atoms with Crippen molar-refractivity contribution in [1.82, 2.24) is 9.97 Å². The number of rotatable bonds is 7. The van der Waals surface area contributed by atoms with Crippen molar-refractivity contribution in [3.63, 3.8) is 0 Å². The van der Waals surface area contributed by atoms with Gasteiger partial charge in [0.05, 0.1) is 5.69 Å². The van der Waals surface area contributed by atoms with Crippen LogP contribution in [0.3, 0.4) is 0 Å². The largest absolute Gasteiger partial charge is 0.302 e. The molecule has 0 N–H and O–H groups in total. The molecule has 0 radical (unpaired) electrons. The molecule has 6 heteroatoms. The van der Waals surface area contributed by atoms with Gasteiger partial charge in [-0.2, -0.15) is 11.8 Å². The molecule has 2 heterocycles. The van der Waals surface area contributed by atoms with Gasteiger partial charge in [0.15, 0.2) is 0 Å². The Labute approximate surface area is 146 Å². The van der Waals surface area contributed by atoms with Crippen molar-refractivity contribution in [2.75, 3.05) is 23.5 Å². The maximum atomic E-state index is 12.8. The number of thioether (sulfide) groups is 1. The first-order valence-electron chi connectivity index (χ1n) is 7.76. The van der Waals surface area contributed by atoms with Crippen LogP contribution in [0, 0.1) is 12.8 Å². The van der Waals surface area contributed by atoms with Crippen molar-refractivity contribution in [2.45, 2.75) is 27.2 Å². The number of pyridine rings is 1. The molecule has 0 fully saturated rings. The summed E-state index contributed by atoms with van der Waals surface area (Å²) in [5, 5.41) is 1.88. The highest BCUT2D eigenvalue weighted by Crippen LogP contribution is 2.35. The molecule has 1 unspecified atom stereocenters. The molecular formula is C17H23N3OS2. The van der Waals surface area contributed by atoms with E-state index in [9.17, 15) is 4.79 Å². The van der Waals surface area contributed by atoms with Gasteiger partial charge in [-0.3, -0.25) is 9.78 Å². The molecule has 124 valence electrons. The van der Waals surface area contributed by atoms with E-state index in [4.69, 9.17) is 0 Å². The Hall–Kier alpha value is -1.40. The van der Waals surface area contributed by atoms with E-state index in [2.05, 4.69) is 16.9 Å². The van der Waals surface area contributed by atoms with Crippen LogP contribution in [0.4, 0.5) is 5.00 Å². The van der Waals surface area contributed by atoms with E-state index in [1.807, 2.05) is 43.3 Å². The smallest absolute Gasteiger partial charge is 0.231 e. The highest BCUT2D eigenvalue weighted by molar-refractivity contribution is 7.98. The fourth-order valence-corrected chi connectivity index (χ4v) is 4.11. The highest BCUT2D eigenvalue weighted by Gasteiger charge is 2.25. The Kier molecular flexibility index (Phi) is 6.59. The monoisotopic (exact) mass is 349 g/mol. The minimum absolute atomic E-state index is 0.0138. The second-order valence-electron chi connectivity index (χ2n) is 5.50. The average Bonchev–Trinajstić information content (AvgIpc) is 2.94. The molecular weight excluding hydrogens is 326 g/mol. The van der Waals surface area contributed by atoms with Gasteiger partial charge in [-0.05, 0) is 31.7 Å². The van der Waals surface area contributed by atoms with Crippen LogP contribution in [-0.4, -0.2) is 34.4 Å². The van der Waals surface area contributed by atoms with Gasteiger partial charge in [0.25, 0.3) is 0 Å². The number of aryl methyl sites for hydroxylation is 1. The second-order valence-corrected chi connectivity index (χ2v) is 7.39. The minimum atomic E-state index is 0.0138. The van der Waals surface area contributed by atoms with Crippen LogP contribution in [0.1, 0.15) is 26.0 Å². The van der Waals surface area contributed by atoms with Crippen molar-refractivity contribution in [3.8, 4) is 10.6 Å². The van der Waals surface area contributed by atoms with E-state index in [1.165, 1.54) is 0 Å². The fraction of sp³-hybridized carbons (Fsp3) is 0.471. The van der Waals surface area contributed by atoms with E-state index in [1.54, 1.807) is 29.3 Å². The summed E-state index contributed by atoms with van der Waals surface area (Å²) in [5.74, 6) is 1.04. The molecule has 2 aromatic rings. The molecule has 0 spiro atoms. The lowest BCUT2D eigenvalue weighted by molar-refractivity contribution is -0.121. The third-order valence-electron chi connectivity index (χ3n) is 3.48. The molecule has 0 aromatic carbocycles. The van der Waals surface area contributed by atoms with Gasteiger partial charge in [-0.25, -0.2) is 4.98 Å². The Balaban J connectivity index is 2.33. The van der Waals surface area contributed by atoms with E-state index in [-0.39, 0.29) is 11.8 Å². The summed E-state index contributed by atoms with van der Waals surface area (Å²) >= 11 is 3.28. The first-order chi connectivity index (χ1) is 11.1. The molecule has 0 aliphatic rings. The van der Waals surface area contributed by atoms with Crippen LogP contribution in [0.25, 0.3) is 10.6 Å². The fourth-order valence-electron chi connectivity index (χ4n) is 2.37. The molecule has 2 aromatic heterocycles. The zero-order valence-electron chi connectivity index (χ0n) is 14.1. The Morgan fingerprint density at radius 3 is 2.87 bits per heavy atom. The van der Waals surface area contributed by atoms with Crippen LogP contribution in [0.15, 0.2) is 24.5 Å². The van der Waals surface area contributed by atoms with Crippen molar-refractivity contribution >= 4 is 34.0 Å². The number of thiazole rings is 1. The molecule has 23 heavy (non-hydrogen) atoms. The highest BCUT2D eigenvalue weighted by atomic mass is 32.2. The Morgan fingerprint density at radius 2 is 2.26 bits per heavy atom. The SMILES string of the molecule is CCCN(C(=O)C(C)CSC)c1sc(-c2cccnc2)nc1C. The number of nitrogens with zero attached hydrogens (tertiary/aromatic N) is 3. The van der Waals surface area contributed by atoms with Crippen molar-refractivity contribution < 1.29 is 4.79 Å². The van der Waals surface area contributed by atoms with Gasteiger partial charge >= 0.3 is 0 Å². The number of amides is 1. The van der Waals surface area contributed by atoms with Crippen molar-refractivity contribution in [3.05, 3.63) is 30.2 Å². The topological polar surface area (TPSA) is 46.1 Å². The normalized spacial score (nSPS) is 12.2. The third kappa shape index (κ3) is 4.32. The Morgan fingerprint density at radius 1 is 1.48 bits per heavy atom. The molecule has 1 atom stereocenters. The summed E-state index contributed by atoms with van der Waals surface area (Å²) in [7, 11) is 0. The predicted octanol–water partition coefficient (Wildman–Crippen LogP) is 4.26. The van der Waals surface area contributed by atoms with Gasteiger partial charge in [-0.1, -0.05) is 25.2 Å². The molecule has 2 rings (SSSR count).